The zero-order chi connectivity index (χ0) is 37.3. The zero-order valence-corrected chi connectivity index (χ0v) is 25.7. The van der Waals surface area contributed by atoms with Crippen molar-refractivity contribution in [2.75, 3.05) is 0 Å². The molecule has 1 heterocycles. The Labute approximate surface area is 282 Å². The van der Waals surface area contributed by atoms with Crippen molar-refractivity contribution in [2.45, 2.75) is 12.3 Å². The van der Waals surface area contributed by atoms with Gasteiger partial charge in [0.2, 0.25) is 0 Å². The van der Waals surface area contributed by atoms with Crippen LogP contribution in [0.25, 0.3) is 43.1 Å². The van der Waals surface area contributed by atoms with Gasteiger partial charge in [-0.15, -0.1) is 0 Å². The first-order valence-electron chi connectivity index (χ1n) is 14.5. The number of carbonyl (C=O) groups is 8. The zero-order valence-electron chi connectivity index (χ0n) is 25.7. The molecule has 1 aliphatic rings. The van der Waals surface area contributed by atoms with Gasteiger partial charge in [-0.1, -0.05) is 42.5 Å². The Morgan fingerprint density at radius 2 is 0.863 bits per heavy atom. The molecule has 6 aromatic rings. The number of carboxylic acids is 6. The van der Waals surface area contributed by atoms with E-state index in [-0.39, 0.29) is 27.5 Å². The average molecular weight is 693 g/mol. The van der Waals surface area contributed by atoms with Gasteiger partial charge in [0.15, 0.2) is 5.41 Å². The van der Waals surface area contributed by atoms with E-state index >= 15 is 0 Å². The number of cyclic esters (lactones) is 2. The summed E-state index contributed by atoms with van der Waals surface area (Å²) in [7, 11) is 0. The Kier molecular flexibility index (Phi) is 7.63. The normalized spacial score (nSPS) is 13.4. The first-order valence-corrected chi connectivity index (χ1v) is 14.5. The number of esters is 2. The summed E-state index contributed by atoms with van der Waals surface area (Å²) in [5, 5.41) is 59.9. The Morgan fingerprint density at radius 3 is 1.22 bits per heavy atom. The van der Waals surface area contributed by atoms with E-state index in [9.17, 15) is 58.8 Å². The molecule has 0 amide bonds. The number of rotatable bonds is 7. The molecule has 0 radical (unpaired) electrons. The van der Waals surface area contributed by atoms with Gasteiger partial charge < -0.3 is 35.4 Å². The third-order valence-electron chi connectivity index (χ3n) is 8.85. The fourth-order valence-corrected chi connectivity index (χ4v) is 6.42. The van der Waals surface area contributed by atoms with Crippen molar-refractivity contribution in [2.24, 2.45) is 0 Å². The molecule has 7 rings (SSSR count). The molecule has 0 aliphatic carbocycles. The van der Waals surface area contributed by atoms with E-state index < -0.39 is 75.4 Å². The van der Waals surface area contributed by atoms with Crippen molar-refractivity contribution in [1.82, 2.24) is 0 Å². The van der Waals surface area contributed by atoms with E-state index in [0.29, 0.717) is 32.3 Å². The molecule has 6 aromatic carbocycles. The molecular weight excluding hydrogens is 672 g/mol. The van der Waals surface area contributed by atoms with Gasteiger partial charge in [-0.2, -0.15) is 0 Å². The van der Waals surface area contributed by atoms with Crippen molar-refractivity contribution < 1.29 is 73.7 Å². The summed E-state index contributed by atoms with van der Waals surface area (Å²) in [5.41, 5.74) is -3.89. The molecule has 6 N–H and O–H groups in total. The second kappa shape index (κ2) is 11.6. The van der Waals surface area contributed by atoms with Gasteiger partial charge in [0.1, 0.15) is 0 Å². The quantitative estimate of drug-likeness (QED) is 0.0559. The van der Waals surface area contributed by atoms with E-state index in [1.54, 1.807) is 24.3 Å². The van der Waals surface area contributed by atoms with Crippen LogP contribution in [0.4, 0.5) is 0 Å². The Morgan fingerprint density at radius 1 is 0.471 bits per heavy atom. The van der Waals surface area contributed by atoms with Gasteiger partial charge >= 0.3 is 47.8 Å². The second-order valence-corrected chi connectivity index (χ2v) is 11.5. The fraction of sp³-hybridized carbons (Fsp3) is 0.0556. The van der Waals surface area contributed by atoms with E-state index in [4.69, 9.17) is 10.2 Å². The fourth-order valence-electron chi connectivity index (χ4n) is 6.42. The topological polar surface area (TPSA) is 267 Å². The summed E-state index contributed by atoms with van der Waals surface area (Å²) in [6, 6.07) is 15.3. The number of hydrogen-bond acceptors (Lipinski definition) is 9. The Hall–Kier alpha value is -7.42. The van der Waals surface area contributed by atoms with Crippen molar-refractivity contribution in [3.05, 3.63) is 106 Å². The lowest BCUT2D eigenvalue weighted by Gasteiger charge is -2.33. The maximum atomic E-state index is 12.0. The van der Waals surface area contributed by atoms with Gasteiger partial charge in [-0.3, -0.25) is 0 Å². The SMILES string of the molecule is CC1(c2ccc(C(=O)O)c(C(=O)O)c2)C(=O)OC1=O.O=C(O)c1cc2c3cccc4c(C(=O)O)c(C(=O)O)cc(c5cccc(c1C(=O)O)c52)c43. The smallest absolute Gasteiger partial charge is 0.337 e. The Balaban J connectivity index is 0.000000202. The van der Waals surface area contributed by atoms with Crippen molar-refractivity contribution in [3.8, 4) is 0 Å². The van der Waals surface area contributed by atoms with E-state index in [2.05, 4.69) is 4.74 Å². The molecular formula is C36H20O15. The maximum Gasteiger partial charge on any atom is 0.337 e. The van der Waals surface area contributed by atoms with Gasteiger partial charge in [0.05, 0.1) is 33.4 Å². The van der Waals surface area contributed by atoms with Crippen LogP contribution in [-0.4, -0.2) is 78.4 Å². The van der Waals surface area contributed by atoms with Crippen LogP contribution < -0.4 is 0 Å². The highest BCUT2D eigenvalue weighted by molar-refractivity contribution is 6.37. The van der Waals surface area contributed by atoms with E-state index in [0.717, 1.165) is 12.1 Å². The van der Waals surface area contributed by atoms with Crippen molar-refractivity contribution in [3.63, 3.8) is 0 Å². The van der Waals surface area contributed by atoms with Gasteiger partial charge in [0.25, 0.3) is 0 Å². The first kappa shape index (κ1) is 33.5. The summed E-state index contributed by atoms with van der Waals surface area (Å²) >= 11 is 0. The molecule has 15 nitrogen and oxygen atoms in total. The lowest BCUT2D eigenvalue weighted by Crippen LogP contribution is -2.54. The molecule has 0 atom stereocenters. The number of carboxylic acid groups (broad SMARTS) is 6. The van der Waals surface area contributed by atoms with Crippen LogP contribution in [0.1, 0.15) is 74.6 Å². The van der Waals surface area contributed by atoms with E-state index in [1.807, 2.05) is 0 Å². The lowest BCUT2D eigenvalue weighted by atomic mass is 9.78. The number of carbonyl (C=O) groups excluding carboxylic acids is 2. The maximum absolute atomic E-state index is 12.0. The number of ether oxygens (including phenoxy) is 1. The predicted molar refractivity (Wildman–Crippen MR) is 174 cm³/mol. The molecule has 0 aromatic heterocycles. The van der Waals surface area contributed by atoms with Crippen LogP contribution in [0.5, 0.6) is 0 Å². The van der Waals surface area contributed by atoms with Crippen LogP contribution in [0.3, 0.4) is 0 Å². The summed E-state index contributed by atoms with van der Waals surface area (Å²) in [6.07, 6.45) is 0. The van der Waals surface area contributed by atoms with Crippen LogP contribution in [0.15, 0.2) is 66.7 Å². The molecule has 0 unspecified atom stereocenters. The third kappa shape index (κ3) is 4.90. The molecule has 0 bridgehead atoms. The molecule has 1 aliphatic heterocycles. The molecule has 1 saturated heterocycles. The number of hydrogen-bond donors (Lipinski definition) is 6. The summed E-state index contributed by atoms with van der Waals surface area (Å²) in [6.45, 7) is 1.29. The molecule has 15 heteroatoms. The summed E-state index contributed by atoms with van der Waals surface area (Å²) in [4.78, 5) is 92.3. The minimum absolute atomic E-state index is 0.0937. The minimum Gasteiger partial charge on any atom is -0.478 e. The van der Waals surface area contributed by atoms with Crippen molar-refractivity contribution >= 4 is 90.8 Å². The first-order chi connectivity index (χ1) is 24.0. The van der Waals surface area contributed by atoms with Gasteiger partial charge in [0, 0.05) is 0 Å². The monoisotopic (exact) mass is 692 g/mol. The lowest BCUT2D eigenvalue weighted by molar-refractivity contribution is -0.186. The largest absolute Gasteiger partial charge is 0.478 e. The number of benzene rings is 6. The highest BCUT2D eigenvalue weighted by Crippen LogP contribution is 2.44. The predicted octanol–water partition coefficient (Wildman–Crippen LogP) is 4.95. The molecule has 0 spiro atoms. The third-order valence-corrected chi connectivity index (χ3v) is 8.85. The molecule has 51 heavy (non-hydrogen) atoms. The Bertz CT molecular complexity index is 2490. The molecule has 254 valence electrons. The highest BCUT2D eigenvalue weighted by Gasteiger charge is 2.56. The van der Waals surface area contributed by atoms with Gasteiger partial charge in [-0.05, 0) is 79.8 Å². The van der Waals surface area contributed by atoms with Crippen LogP contribution in [-0.2, 0) is 19.7 Å². The van der Waals surface area contributed by atoms with E-state index in [1.165, 1.54) is 37.3 Å². The van der Waals surface area contributed by atoms with Crippen LogP contribution >= 0.6 is 0 Å². The average Bonchev–Trinajstić information content (AvgIpc) is 3.08. The second-order valence-electron chi connectivity index (χ2n) is 11.5. The number of fused-ring (bicyclic) bond motifs is 2. The summed E-state index contributed by atoms with van der Waals surface area (Å²) < 4.78 is 4.25. The highest BCUT2D eigenvalue weighted by atomic mass is 16.6. The van der Waals surface area contributed by atoms with Gasteiger partial charge in [-0.25, -0.2) is 38.4 Å². The summed E-state index contributed by atoms with van der Waals surface area (Å²) in [5.74, 6) is -10.1. The molecule has 0 saturated carbocycles. The molecule has 1 fully saturated rings. The standard InChI is InChI=1S/C24H12O8.C12H8O7/c25-21(26)15-8-14-10-4-2-6-12-18(10)13(7-16(22(27)28)20(12)24(31)32)9-3-1-5-11(17(9)14)19(15)23(29)30;1-12(10(17)19-11(12)18)5-2-3-6(8(13)14)7(4-5)9(15)16/h1-8H,(H,25,26)(H,27,28)(H,29,30)(H,31,32);2-4H,1H3,(H,13,14)(H,15,16). The van der Waals surface area contributed by atoms with Crippen LogP contribution in [0.2, 0.25) is 0 Å². The van der Waals surface area contributed by atoms with Crippen LogP contribution in [0, 0.1) is 0 Å². The minimum atomic E-state index is -1.57. The number of aromatic carboxylic acids is 6. The van der Waals surface area contributed by atoms with Crippen molar-refractivity contribution in [1.29, 1.82) is 0 Å².